The number of carboxylic acid groups (broad SMARTS) is 1. The van der Waals surface area contributed by atoms with E-state index in [-0.39, 0.29) is 13.1 Å². The fourth-order valence-electron chi connectivity index (χ4n) is 2.24. The van der Waals surface area contributed by atoms with E-state index >= 15 is 0 Å². The van der Waals surface area contributed by atoms with Crippen molar-refractivity contribution in [3.05, 3.63) is 0 Å². The summed E-state index contributed by atoms with van der Waals surface area (Å²) in [6, 6.07) is 0. The first kappa shape index (κ1) is 19.5. The van der Waals surface area contributed by atoms with Crippen molar-refractivity contribution in [2.75, 3.05) is 32.7 Å². The highest BCUT2D eigenvalue weighted by Crippen LogP contribution is 2.27. The molecule has 134 valence electrons. The number of hydrogen-bond acceptors (Lipinski definition) is 4. The SMILES string of the molecule is CC(C)(C)OC(=O)N1CCCN(CC(C(=O)O)C(F)(F)F)CC1. The zero-order valence-electron chi connectivity index (χ0n) is 13.5. The van der Waals surface area contributed by atoms with Crippen LogP contribution in [0, 0.1) is 5.92 Å². The van der Waals surface area contributed by atoms with E-state index in [1.807, 2.05) is 0 Å². The van der Waals surface area contributed by atoms with Gasteiger partial charge in [0, 0.05) is 26.2 Å². The summed E-state index contributed by atoms with van der Waals surface area (Å²) in [5.74, 6) is -4.30. The van der Waals surface area contributed by atoms with E-state index in [1.165, 1.54) is 9.80 Å². The van der Waals surface area contributed by atoms with E-state index in [4.69, 9.17) is 9.84 Å². The number of nitrogens with zero attached hydrogens (tertiary/aromatic N) is 2. The highest BCUT2D eigenvalue weighted by atomic mass is 19.4. The molecule has 23 heavy (non-hydrogen) atoms. The Hall–Kier alpha value is -1.51. The Labute approximate surface area is 133 Å². The molecule has 1 amide bonds. The second-order valence-corrected chi connectivity index (χ2v) is 6.55. The predicted molar refractivity (Wildman–Crippen MR) is 76.0 cm³/mol. The highest BCUT2D eigenvalue weighted by Gasteiger charge is 2.46. The summed E-state index contributed by atoms with van der Waals surface area (Å²) in [5, 5.41) is 8.75. The van der Waals surface area contributed by atoms with Gasteiger partial charge in [0.1, 0.15) is 5.60 Å². The quantitative estimate of drug-likeness (QED) is 0.853. The first-order chi connectivity index (χ1) is 10.4. The van der Waals surface area contributed by atoms with Crippen LogP contribution < -0.4 is 0 Å². The minimum absolute atomic E-state index is 0.180. The van der Waals surface area contributed by atoms with Gasteiger partial charge in [-0.3, -0.25) is 4.79 Å². The van der Waals surface area contributed by atoms with Crippen molar-refractivity contribution in [2.45, 2.75) is 39.0 Å². The lowest BCUT2D eigenvalue weighted by molar-refractivity contribution is -0.196. The average Bonchev–Trinajstić information content (AvgIpc) is 2.57. The standard InChI is InChI=1S/C14H23F3N2O4/c1-13(2,3)23-12(22)19-6-4-5-18(7-8-19)9-10(11(20)21)14(15,16)17/h10H,4-9H2,1-3H3,(H,20,21). The molecule has 6 nitrogen and oxygen atoms in total. The van der Waals surface area contributed by atoms with E-state index in [0.717, 1.165) is 0 Å². The molecule has 0 saturated carbocycles. The highest BCUT2D eigenvalue weighted by molar-refractivity contribution is 5.71. The van der Waals surface area contributed by atoms with Gasteiger partial charge in [-0.2, -0.15) is 13.2 Å². The summed E-state index contributed by atoms with van der Waals surface area (Å²) in [6.45, 7) is 5.65. The Kier molecular flexibility index (Phi) is 6.26. The Morgan fingerprint density at radius 1 is 1.13 bits per heavy atom. The molecule has 1 aliphatic rings. The van der Waals surface area contributed by atoms with Gasteiger partial charge in [0.2, 0.25) is 0 Å². The molecule has 0 aromatic rings. The molecule has 9 heteroatoms. The molecule has 1 heterocycles. The second kappa shape index (κ2) is 7.37. The van der Waals surface area contributed by atoms with Crippen LogP contribution in [0.4, 0.5) is 18.0 Å². The topological polar surface area (TPSA) is 70.1 Å². The number of carboxylic acids is 1. The van der Waals surface area contributed by atoms with E-state index in [2.05, 4.69) is 0 Å². The lowest BCUT2D eigenvalue weighted by Crippen LogP contribution is -2.43. The predicted octanol–water partition coefficient (Wildman–Crippen LogP) is 2.19. The molecule has 1 unspecified atom stereocenters. The third-order valence-corrected chi connectivity index (χ3v) is 3.37. The molecule has 1 aliphatic heterocycles. The van der Waals surface area contributed by atoms with Crippen LogP contribution in [0.2, 0.25) is 0 Å². The van der Waals surface area contributed by atoms with Gasteiger partial charge >= 0.3 is 18.2 Å². The fourth-order valence-corrected chi connectivity index (χ4v) is 2.24. The van der Waals surface area contributed by atoms with Crippen molar-refractivity contribution in [1.29, 1.82) is 0 Å². The maximum absolute atomic E-state index is 12.7. The number of ether oxygens (including phenoxy) is 1. The van der Waals surface area contributed by atoms with Crippen molar-refractivity contribution in [3.8, 4) is 0 Å². The van der Waals surface area contributed by atoms with Crippen LogP contribution in [0.25, 0.3) is 0 Å². The summed E-state index contributed by atoms with van der Waals surface area (Å²) >= 11 is 0. The Morgan fingerprint density at radius 3 is 2.22 bits per heavy atom. The molecule has 1 N–H and O–H groups in total. The normalized spacial score (nSPS) is 19.1. The fraction of sp³-hybridized carbons (Fsp3) is 0.857. The summed E-state index contributed by atoms with van der Waals surface area (Å²) < 4.78 is 43.4. The van der Waals surface area contributed by atoms with E-state index in [0.29, 0.717) is 19.5 Å². The molecule has 0 bridgehead atoms. The van der Waals surface area contributed by atoms with Gasteiger partial charge in [-0.05, 0) is 33.7 Å². The third kappa shape index (κ3) is 6.64. The number of amides is 1. The molecule has 0 aliphatic carbocycles. The number of halogens is 3. The second-order valence-electron chi connectivity index (χ2n) is 6.55. The number of alkyl halides is 3. The molecule has 0 aromatic heterocycles. The number of hydrogen-bond donors (Lipinski definition) is 1. The zero-order valence-corrected chi connectivity index (χ0v) is 13.5. The van der Waals surface area contributed by atoms with Crippen molar-refractivity contribution < 1.29 is 32.6 Å². The lowest BCUT2D eigenvalue weighted by atomic mass is 10.1. The molecule has 1 atom stereocenters. The van der Waals surface area contributed by atoms with Crippen LogP contribution >= 0.6 is 0 Å². The van der Waals surface area contributed by atoms with E-state index in [9.17, 15) is 22.8 Å². The summed E-state index contributed by atoms with van der Waals surface area (Å²) in [5.41, 5.74) is -0.645. The molecular weight excluding hydrogens is 317 g/mol. The van der Waals surface area contributed by atoms with Crippen LogP contribution in [-0.2, 0) is 9.53 Å². The van der Waals surface area contributed by atoms with Gasteiger partial charge in [0.25, 0.3) is 0 Å². The summed E-state index contributed by atoms with van der Waals surface area (Å²) in [4.78, 5) is 25.6. The van der Waals surface area contributed by atoms with Crippen LogP contribution in [0.3, 0.4) is 0 Å². The largest absolute Gasteiger partial charge is 0.481 e. The van der Waals surface area contributed by atoms with Crippen molar-refractivity contribution in [2.24, 2.45) is 5.92 Å². The van der Waals surface area contributed by atoms with Gasteiger partial charge in [0.05, 0.1) is 0 Å². The summed E-state index contributed by atoms with van der Waals surface area (Å²) in [6.07, 6.45) is -4.84. The van der Waals surface area contributed by atoms with Gasteiger partial charge < -0.3 is 19.6 Å². The van der Waals surface area contributed by atoms with E-state index < -0.39 is 36.3 Å². The van der Waals surface area contributed by atoms with Gasteiger partial charge in [-0.1, -0.05) is 0 Å². The van der Waals surface area contributed by atoms with Crippen molar-refractivity contribution in [3.63, 3.8) is 0 Å². The minimum Gasteiger partial charge on any atom is -0.481 e. The minimum atomic E-state index is -4.79. The molecule has 1 fully saturated rings. The van der Waals surface area contributed by atoms with Gasteiger partial charge in [-0.25, -0.2) is 4.79 Å². The first-order valence-electron chi connectivity index (χ1n) is 7.40. The number of carbonyl (C=O) groups excluding carboxylic acids is 1. The Morgan fingerprint density at radius 2 is 1.74 bits per heavy atom. The number of carbonyl (C=O) groups is 2. The maximum Gasteiger partial charge on any atom is 0.410 e. The smallest absolute Gasteiger partial charge is 0.410 e. The third-order valence-electron chi connectivity index (χ3n) is 3.37. The van der Waals surface area contributed by atoms with Crippen LogP contribution in [-0.4, -0.2) is 71.5 Å². The van der Waals surface area contributed by atoms with Crippen LogP contribution in [0.5, 0.6) is 0 Å². The Balaban J connectivity index is 2.61. The summed E-state index contributed by atoms with van der Waals surface area (Å²) in [7, 11) is 0. The number of aliphatic carboxylic acids is 1. The van der Waals surface area contributed by atoms with Crippen LogP contribution in [0.1, 0.15) is 27.2 Å². The molecule has 0 radical (unpaired) electrons. The van der Waals surface area contributed by atoms with Gasteiger partial charge in [-0.15, -0.1) is 0 Å². The molecule has 1 rings (SSSR count). The van der Waals surface area contributed by atoms with Crippen molar-refractivity contribution in [1.82, 2.24) is 9.80 Å². The Bertz CT molecular complexity index is 435. The molecule has 0 aromatic carbocycles. The maximum atomic E-state index is 12.7. The lowest BCUT2D eigenvalue weighted by Gasteiger charge is -2.27. The molecule has 1 saturated heterocycles. The number of rotatable bonds is 3. The average molecular weight is 340 g/mol. The van der Waals surface area contributed by atoms with Crippen molar-refractivity contribution >= 4 is 12.1 Å². The molecular formula is C14H23F3N2O4. The first-order valence-corrected chi connectivity index (χ1v) is 7.40. The monoisotopic (exact) mass is 340 g/mol. The van der Waals surface area contributed by atoms with Gasteiger partial charge in [0.15, 0.2) is 5.92 Å². The van der Waals surface area contributed by atoms with Crippen LogP contribution in [0.15, 0.2) is 0 Å². The molecule has 0 spiro atoms. The zero-order chi connectivity index (χ0) is 17.8. The van der Waals surface area contributed by atoms with E-state index in [1.54, 1.807) is 20.8 Å².